The second-order valence-electron chi connectivity index (χ2n) is 5.53. The highest BCUT2D eigenvalue weighted by Gasteiger charge is 2.21. The molecule has 2 N–H and O–H groups in total. The zero-order valence-corrected chi connectivity index (χ0v) is 12.5. The van der Waals surface area contributed by atoms with E-state index in [1.165, 1.54) is 25.0 Å². The van der Waals surface area contributed by atoms with Gasteiger partial charge in [0.05, 0.1) is 13.2 Å². The van der Waals surface area contributed by atoms with Crippen LogP contribution in [0, 0.1) is 5.92 Å². The van der Waals surface area contributed by atoms with E-state index in [1.54, 1.807) is 24.3 Å². The molecule has 0 unspecified atom stereocenters. The molecule has 1 aliphatic rings. The third kappa shape index (κ3) is 4.12. The summed E-state index contributed by atoms with van der Waals surface area (Å²) in [5.74, 6) is 0.287. The maximum absolute atomic E-state index is 12.0. The number of aromatic carboxylic acids is 1. The number of furan rings is 1. The zero-order valence-electron chi connectivity index (χ0n) is 12.5. The van der Waals surface area contributed by atoms with E-state index in [9.17, 15) is 9.59 Å². The third-order valence-electron chi connectivity index (χ3n) is 3.59. The van der Waals surface area contributed by atoms with E-state index >= 15 is 0 Å². The summed E-state index contributed by atoms with van der Waals surface area (Å²) in [7, 11) is 0. The Kier molecular flexibility index (Phi) is 4.32. The van der Waals surface area contributed by atoms with Crippen molar-refractivity contribution in [1.82, 2.24) is 5.32 Å². The Morgan fingerprint density at radius 2 is 1.91 bits per heavy atom. The quantitative estimate of drug-likeness (QED) is 0.820. The van der Waals surface area contributed by atoms with Crippen molar-refractivity contribution in [3.05, 3.63) is 53.5 Å². The van der Waals surface area contributed by atoms with Gasteiger partial charge in [0.25, 0.3) is 5.91 Å². The van der Waals surface area contributed by atoms with E-state index in [4.69, 9.17) is 14.3 Å². The molecule has 1 saturated carbocycles. The highest BCUT2D eigenvalue weighted by atomic mass is 16.5. The van der Waals surface area contributed by atoms with E-state index in [2.05, 4.69) is 5.32 Å². The molecular weight excluding hydrogens is 298 g/mol. The van der Waals surface area contributed by atoms with Crippen LogP contribution in [0.3, 0.4) is 0 Å². The van der Waals surface area contributed by atoms with Crippen molar-refractivity contribution < 1.29 is 23.8 Å². The third-order valence-corrected chi connectivity index (χ3v) is 3.59. The number of nitrogens with one attached hydrogen (secondary N) is 1. The van der Waals surface area contributed by atoms with Crippen LogP contribution in [0.5, 0.6) is 5.75 Å². The number of hydrogen-bond donors (Lipinski definition) is 2. The van der Waals surface area contributed by atoms with Crippen LogP contribution in [0.2, 0.25) is 0 Å². The van der Waals surface area contributed by atoms with Crippen molar-refractivity contribution in [2.24, 2.45) is 5.92 Å². The smallest absolute Gasteiger partial charge is 0.371 e. The first-order chi connectivity index (χ1) is 11.1. The molecule has 120 valence electrons. The molecule has 1 fully saturated rings. The van der Waals surface area contributed by atoms with Gasteiger partial charge in [0.1, 0.15) is 11.5 Å². The first-order valence-corrected chi connectivity index (χ1v) is 7.45. The minimum atomic E-state index is -1.13. The average Bonchev–Trinajstić information content (AvgIpc) is 3.26. The molecule has 0 saturated heterocycles. The summed E-state index contributed by atoms with van der Waals surface area (Å²) < 4.78 is 10.7. The fourth-order valence-electron chi connectivity index (χ4n) is 2.06. The molecule has 0 spiro atoms. The van der Waals surface area contributed by atoms with Crippen LogP contribution >= 0.6 is 0 Å². The fraction of sp³-hybridized carbons (Fsp3) is 0.294. The minimum absolute atomic E-state index is 0.131. The number of benzene rings is 1. The van der Waals surface area contributed by atoms with Crippen LogP contribution in [-0.4, -0.2) is 23.6 Å². The first-order valence-electron chi connectivity index (χ1n) is 7.45. The van der Waals surface area contributed by atoms with E-state index < -0.39 is 5.97 Å². The highest BCUT2D eigenvalue weighted by Crippen LogP contribution is 2.29. The van der Waals surface area contributed by atoms with Gasteiger partial charge in [-0.1, -0.05) is 0 Å². The molecule has 3 rings (SSSR count). The van der Waals surface area contributed by atoms with Gasteiger partial charge in [0, 0.05) is 5.56 Å². The van der Waals surface area contributed by atoms with Gasteiger partial charge in [-0.15, -0.1) is 0 Å². The lowest BCUT2D eigenvalue weighted by atomic mass is 10.2. The second kappa shape index (κ2) is 6.56. The topological polar surface area (TPSA) is 88.8 Å². The Balaban J connectivity index is 1.51. The standard InChI is InChI=1S/C17H17NO5/c19-16(18-9-14-7-8-15(23-14)17(20)21)12-3-5-13(6-4-12)22-10-11-1-2-11/h3-8,11H,1-2,9-10H2,(H,18,19)(H,20,21). The Hall–Kier alpha value is -2.76. The number of ether oxygens (including phenoxy) is 1. The summed E-state index contributed by atoms with van der Waals surface area (Å²) in [5.41, 5.74) is 0.508. The molecule has 1 aromatic carbocycles. The molecule has 23 heavy (non-hydrogen) atoms. The predicted octanol–water partition coefficient (Wildman–Crippen LogP) is 2.70. The van der Waals surface area contributed by atoms with Crippen molar-refractivity contribution in [1.29, 1.82) is 0 Å². The number of hydrogen-bond acceptors (Lipinski definition) is 4. The van der Waals surface area contributed by atoms with Crippen LogP contribution in [0.15, 0.2) is 40.8 Å². The first kappa shape index (κ1) is 15.1. The van der Waals surface area contributed by atoms with Gasteiger partial charge in [-0.3, -0.25) is 4.79 Å². The van der Waals surface area contributed by atoms with Crippen LogP contribution in [0.1, 0.15) is 39.5 Å². The number of carboxylic acids is 1. The number of amides is 1. The van der Waals surface area contributed by atoms with E-state index in [1.807, 2.05) is 0 Å². The van der Waals surface area contributed by atoms with Gasteiger partial charge in [-0.2, -0.15) is 0 Å². The van der Waals surface area contributed by atoms with Crippen molar-refractivity contribution in [2.75, 3.05) is 6.61 Å². The molecule has 1 amide bonds. The summed E-state index contributed by atoms with van der Waals surface area (Å²) in [6.07, 6.45) is 2.47. The molecule has 0 aliphatic heterocycles. The van der Waals surface area contributed by atoms with Crippen LogP contribution in [-0.2, 0) is 6.54 Å². The summed E-state index contributed by atoms with van der Waals surface area (Å²) in [6.45, 7) is 0.863. The van der Waals surface area contributed by atoms with E-state index in [-0.39, 0.29) is 18.2 Å². The molecule has 2 aromatic rings. The monoisotopic (exact) mass is 315 g/mol. The maximum Gasteiger partial charge on any atom is 0.371 e. The Labute approximate surface area is 133 Å². The van der Waals surface area contributed by atoms with Crippen LogP contribution in [0.4, 0.5) is 0 Å². The molecule has 1 aliphatic carbocycles. The van der Waals surface area contributed by atoms with Crippen molar-refractivity contribution in [3.8, 4) is 5.75 Å². The van der Waals surface area contributed by atoms with Gasteiger partial charge < -0.3 is 19.6 Å². The number of rotatable bonds is 7. The van der Waals surface area contributed by atoms with Crippen molar-refractivity contribution in [3.63, 3.8) is 0 Å². The van der Waals surface area contributed by atoms with Gasteiger partial charge in [0.2, 0.25) is 5.76 Å². The maximum atomic E-state index is 12.0. The number of carbonyl (C=O) groups is 2. The summed E-state index contributed by atoms with van der Waals surface area (Å²) >= 11 is 0. The molecule has 6 heteroatoms. The number of carboxylic acid groups (broad SMARTS) is 1. The molecule has 0 radical (unpaired) electrons. The Morgan fingerprint density at radius 1 is 1.17 bits per heavy atom. The van der Waals surface area contributed by atoms with E-state index in [0.29, 0.717) is 17.2 Å². The molecule has 1 aromatic heterocycles. The molecule has 1 heterocycles. The zero-order chi connectivity index (χ0) is 16.2. The lowest BCUT2D eigenvalue weighted by Crippen LogP contribution is -2.22. The van der Waals surface area contributed by atoms with Gasteiger partial charge >= 0.3 is 5.97 Å². The predicted molar refractivity (Wildman–Crippen MR) is 81.5 cm³/mol. The summed E-state index contributed by atoms with van der Waals surface area (Å²) in [6, 6.07) is 9.82. The normalized spacial score (nSPS) is 13.6. The fourth-order valence-corrected chi connectivity index (χ4v) is 2.06. The Morgan fingerprint density at radius 3 is 2.52 bits per heavy atom. The highest BCUT2D eigenvalue weighted by molar-refractivity contribution is 5.94. The van der Waals surface area contributed by atoms with Crippen molar-refractivity contribution >= 4 is 11.9 Å². The van der Waals surface area contributed by atoms with Crippen LogP contribution < -0.4 is 10.1 Å². The summed E-state index contributed by atoms with van der Waals surface area (Å²) in [5, 5.41) is 11.4. The van der Waals surface area contributed by atoms with Gasteiger partial charge in [0.15, 0.2) is 0 Å². The average molecular weight is 315 g/mol. The SMILES string of the molecule is O=C(NCc1ccc(C(=O)O)o1)c1ccc(OCC2CC2)cc1. The molecular formula is C17H17NO5. The minimum Gasteiger partial charge on any atom is -0.493 e. The Bertz CT molecular complexity index is 700. The lowest BCUT2D eigenvalue weighted by Gasteiger charge is -2.07. The second-order valence-corrected chi connectivity index (χ2v) is 5.53. The van der Waals surface area contributed by atoms with Crippen LogP contribution in [0.25, 0.3) is 0 Å². The summed E-state index contributed by atoms with van der Waals surface area (Å²) in [4.78, 5) is 22.7. The van der Waals surface area contributed by atoms with Gasteiger partial charge in [-0.25, -0.2) is 4.79 Å². The molecule has 0 bridgehead atoms. The number of carbonyl (C=O) groups excluding carboxylic acids is 1. The van der Waals surface area contributed by atoms with Crippen molar-refractivity contribution in [2.45, 2.75) is 19.4 Å². The molecule has 6 nitrogen and oxygen atoms in total. The van der Waals surface area contributed by atoms with E-state index in [0.717, 1.165) is 12.4 Å². The molecule has 0 atom stereocenters. The van der Waals surface area contributed by atoms with Gasteiger partial charge in [-0.05, 0) is 55.2 Å². The largest absolute Gasteiger partial charge is 0.493 e. The lowest BCUT2D eigenvalue weighted by molar-refractivity contribution is 0.0660.